The Balaban J connectivity index is 1.35. The minimum atomic E-state index is -0.466. The second-order valence-corrected chi connectivity index (χ2v) is 10.4. The lowest BCUT2D eigenvalue weighted by atomic mass is 10.1. The topological polar surface area (TPSA) is 75.6 Å². The third-order valence-corrected chi connectivity index (χ3v) is 6.03. The van der Waals surface area contributed by atoms with Gasteiger partial charge >= 0.3 is 6.09 Å². The molecule has 33 heavy (non-hydrogen) atoms. The second kappa shape index (κ2) is 11.1. The van der Waals surface area contributed by atoms with Crippen LogP contribution in [0.25, 0.3) is 10.9 Å². The van der Waals surface area contributed by atoms with Gasteiger partial charge in [0.05, 0.1) is 5.56 Å². The van der Waals surface area contributed by atoms with Crippen molar-refractivity contribution >= 4 is 22.9 Å². The number of aromatic nitrogens is 1. The summed E-state index contributed by atoms with van der Waals surface area (Å²) in [4.78, 5) is 27.1. The zero-order valence-corrected chi connectivity index (χ0v) is 20.8. The SMILES string of the molecule is CC(C)n1cc(C(=O)NCCCCN2CC[C@H](CNC(=O)OC(C)(C)C)C2)c2ccccc21. The number of carbonyl (C=O) groups excluding carboxylic acids is 2. The summed E-state index contributed by atoms with van der Waals surface area (Å²) in [7, 11) is 0. The number of benzene rings is 1. The molecule has 1 aromatic carbocycles. The first-order valence-corrected chi connectivity index (χ1v) is 12.2. The zero-order chi connectivity index (χ0) is 24.0. The van der Waals surface area contributed by atoms with E-state index < -0.39 is 5.60 Å². The molecule has 7 nitrogen and oxygen atoms in total. The molecule has 1 aromatic heterocycles. The van der Waals surface area contributed by atoms with E-state index in [-0.39, 0.29) is 12.0 Å². The van der Waals surface area contributed by atoms with Gasteiger partial charge in [0.1, 0.15) is 5.60 Å². The van der Waals surface area contributed by atoms with Crippen molar-refractivity contribution in [2.24, 2.45) is 5.92 Å². The van der Waals surface area contributed by atoms with Crippen LogP contribution in [0.3, 0.4) is 0 Å². The number of hydrogen-bond acceptors (Lipinski definition) is 4. The van der Waals surface area contributed by atoms with Crippen molar-refractivity contribution in [3.05, 3.63) is 36.0 Å². The van der Waals surface area contributed by atoms with Crippen LogP contribution >= 0.6 is 0 Å². The second-order valence-electron chi connectivity index (χ2n) is 10.4. The fraction of sp³-hybridized carbons (Fsp3) is 0.615. The van der Waals surface area contributed by atoms with Crippen LogP contribution in [-0.4, -0.2) is 59.8 Å². The molecule has 0 radical (unpaired) electrons. The van der Waals surface area contributed by atoms with Crippen molar-refractivity contribution in [3.63, 3.8) is 0 Å². The van der Waals surface area contributed by atoms with Gasteiger partial charge in [0.2, 0.25) is 0 Å². The molecule has 1 saturated heterocycles. The summed E-state index contributed by atoms with van der Waals surface area (Å²) < 4.78 is 7.46. The van der Waals surface area contributed by atoms with Crippen molar-refractivity contribution < 1.29 is 14.3 Å². The number of nitrogens with one attached hydrogen (secondary N) is 2. The van der Waals surface area contributed by atoms with Crippen molar-refractivity contribution in [1.82, 2.24) is 20.1 Å². The third kappa shape index (κ3) is 7.22. The van der Waals surface area contributed by atoms with E-state index in [0.29, 0.717) is 25.0 Å². The number of nitrogens with zero attached hydrogens (tertiary/aromatic N) is 2. The van der Waals surface area contributed by atoms with Crippen molar-refractivity contribution in [2.75, 3.05) is 32.7 Å². The molecule has 0 unspecified atom stereocenters. The Kier molecular flexibility index (Phi) is 8.40. The highest BCUT2D eigenvalue weighted by Gasteiger charge is 2.24. The van der Waals surface area contributed by atoms with E-state index in [1.165, 1.54) is 0 Å². The number of hydrogen-bond donors (Lipinski definition) is 2. The predicted molar refractivity (Wildman–Crippen MR) is 133 cm³/mol. The maximum absolute atomic E-state index is 12.8. The number of unbranched alkanes of at least 4 members (excludes halogenated alkanes) is 1. The molecule has 2 N–H and O–H groups in total. The number of para-hydroxylation sites is 1. The molecule has 2 heterocycles. The van der Waals surface area contributed by atoms with Crippen LogP contribution in [0.1, 0.15) is 70.3 Å². The first kappa shape index (κ1) is 25.1. The fourth-order valence-electron chi connectivity index (χ4n) is 4.39. The van der Waals surface area contributed by atoms with Crippen LogP contribution in [0.15, 0.2) is 30.5 Å². The van der Waals surface area contributed by atoms with Crippen LogP contribution in [0.5, 0.6) is 0 Å². The standard InChI is InChI=1S/C26H40N4O3/c1-19(2)30-18-22(21-10-6-7-11-23(21)30)24(31)27-13-8-9-14-29-15-12-20(17-29)16-28-25(32)33-26(3,4)5/h6-7,10-11,18-20H,8-9,12-17H2,1-5H3,(H,27,31)(H,28,32)/t20-/m1/s1. The summed E-state index contributed by atoms with van der Waals surface area (Å²) in [6.07, 6.45) is 4.71. The molecule has 1 fully saturated rings. The lowest BCUT2D eigenvalue weighted by Crippen LogP contribution is -2.36. The van der Waals surface area contributed by atoms with Gasteiger partial charge in [-0.3, -0.25) is 4.79 Å². The van der Waals surface area contributed by atoms with Crippen molar-refractivity contribution in [3.8, 4) is 0 Å². The van der Waals surface area contributed by atoms with Gasteiger partial charge in [0.25, 0.3) is 5.91 Å². The Hall–Kier alpha value is -2.54. The van der Waals surface area contributed by atoms with Crippen LogP contribution in [-0.2, 0) is 4.74 Å². The molecule has 0 saturated carbocycles. The Morgan fingerprint density at radius 1 is 1.15 bits per heavy atom. The van der Waals surface area contributed by atoms with E-state index in [9.17, 15) is 9.59 Å². The quantitative estimate of drug-likeness (QED) is 0.542. The predicted octanol–water partition coefficient (Wildman–Crippen LogP) is 4.58. The van der Waals surface area contributed by atoms with Crippen LogP contribution in [0.2, 0.25) is 0 Å². The number of carbonyl (C=O) groups is 2. The molecule has 182 valence electrons. The Bertz CT molecular complexity index is 945. The van der Waals surface area contributed by atoms with Gasteiger partial charge in [-0.15, -0.1) is 0 Å². The number of likely N-dealkylation sites (tertiary alicyclic amines) is 1. The third-order valence-electron chi connectivity index (χ3n) is 6.03. The lowest BCUT2D eigenvalue weighted by molar-refractivity contribution is 0.0519. The maximum Gasteiger partial charge on any atom is 0.407 e. The summed E-state index contributed by atoms with van der Waals surface area (Å²) in [5.41, 5.74) is 1.38. The smallest absolute Gasteiger partial charge is 0.407 e. The number of rotatable bonds is 9. The van der Waals surface area contributed by atoms with Crippen LogP contribution in [0, 0.1) is 5.92 Å². The molecule has 2 aromatic rings. The minimum Gasteiger partial charge on any atom is -0.444 e. The maximum atomic E-state index is 12.8. The van der Waals surface area contributed by atoms with E-state index in [1.54, 1.807) is 0 Å². The van der Waals surface area contributed by atoms with Gasteiger partial charge in [-0.05, 0) is 79.0 Å². The number of alkyl carbamates (subject to hydrolysis) is 1. The first-order chi connectivity index (χ1) is 15.6. The number of ether oxygens (including phenoxy) is 1. The molecule has 7 heteroatoms. The minimum absolute atomic E-state index is 0.0000498. The summed E-state index contributed by atoms with van der Waals surface area (Å²) in [5.74, 6) is 0.468. The highest BCUT2D eigenvalue weighted by molar-refractivity contribution is 6.07. The molecule has 1 atom stereocenters. The van der Waals surface area contributed by atoms with E-state index in [2.05, 4.69) is 40.0 Å². The van der Waals surface area contributed by atoms with Crippen LogP contribution in [0.4, 0.5) is 4.79 Å². The largest absolute Gasteiger partial charge is 0.444 e. The van der Waals surface area contributed by atoms with Gasteiger partial charge < -0.3 is 24.8 Å². The fourth-order valence-corrected chi connectivity index (χ4v) is 4.39. The van der Waals surface area contributed by atoms with Gasteiger partial charge in [0.15, 0.2) is 0 Å². The zero-order valence-electron chi connectivity index (χ0n) is 20.8. The molecule has 1 aliphatic rings. The summed E-state index contributed by atoms with van der Waals surface area (Å²) in [6.45, 7) is 14.3. The molecule has 2 amide bonds. The molecule has 3 rings (SSSR count). The van der Waals surface area contributed by atoms with E-state index >= 15 is 0 Å². The number of fused-ring (bicyclic) bond motifs is 1. The normalized spacial score (nSPS) is 17.0. The molecular formula is C26H40N4O3. The molecule has 0 aliphatic carbocycles. The molecule has 0 spiro atoms. The van der Waals surface area contributed by atoms with Crippen LogP contribution < -0.4 is 10.6 Å². The summed E-state index contributed by atoms with van der Waals surface area (Å²) >= 11 is 0. The van der Waals surface area contributed by atoms with Gasteiger partial charge in [-0.1, -0.05) is 18.2 Å². The Morgan fingerprint density at radius 3 is 2.64 bits per heavy atom. The van der Waals surface area contributed by atoms with E-state index in [0.717, 1.165) is 55.4 Å². The van der Waals surface area contributed by atoms with Crippen molar-refractivity contribution in [1.29, 1.82) is 0 Å². The molecule has 1 aliphatic heterocycles. The monoisotopic (exact) mass is 456 g/mol. The summed E-state index contributed by atoms with van der Waals surface area (Å²) in [6, 6.07) is 8.39. The lowest BCUT2D eigenvalue weighted by Gasteiger charge is -2.21. The highest BCUT2D eigenvalue weighted by Crippen LogP contribution is 2.24. The van der Waals surface area contributed by atoms with Gasteiger partial charge in [0, 0.05) is 42.8 Å². The highest BCUT2D eigenvalue weighted by atomic mass is 16.6. The molecule has 0 bridgehead atoms. The van der Waals surface area contributed by atoms with Gasteiger partial charge in [-0.2, -0.15) is 0 Å². The first-order valence-electron chi connectivity index (χ1n) is 12.2. The summed E-state index contributed by atoms with van der Waals surface area (Å²) in [5, 5.41) is 6.99. The van der Waals surface area contributed by atoms with Gasteiger partial charge in [-0.25, -0.2) is 4.79 Å². The Morgan fingerprint density at radius 2 is 1.91 bits per heavy atom. The average molecular weight is 457 g/mol. The van der Waals surface area contributed by atoms with E-state index in [4.69, 9.17) is 4.74 Å². The average Bonchev–Trinajstić information content (AvgIpc) is 3.35. The van der Waals surface area contributed by atoms with Crippen molar-refractivity contribution in [2.45, 2.75) is 65.5 Å². The number of amides is 2. The van der Waals surface area contributed by atoms with E-state index in [1.807, 2.05) is 45.2 Å². The Labute approximate surface area is 197 Å². The molecular weight excluding hydrogens is 416 g/mol.